The van der Waals surface area contributed by atoms with E-state index in [1.807, 2.05) is 30.3 Å². The number of benzene rings is 1. The van der Waals surface area contributed by atoms with Crippen LogP contribution < -0.4 is 11.6 Å². The Bertz CT molecular complexity index is 260. The van der Waals surface area contributed by atoms with Crippen LogP contribution in [-0.4, -0.2) is 10.1 Å². The summed E-state index contributed by atoms with van der Waals surface area (Å²) in [6.45, 7) is 0.552. The van der Waals surface area contributed by atoms with E-state index >= 15 is 0 Å². The Kier molecular flexibility index (Phi) is 3.01. The molecule has 64 valence electrons. The Morgan fingerprint density at radius 3 is 2.42 bits per heavy atom. The average molecular weight is 181 g/mol. The van der Waals surface area contributed by atoms with E-state index in [2.05, 4.69) is 0 Å². The van der Waals surface area contributed by atoms with Crippen LogP contribution in [0.25, 0.3) is 0 Å². The maximum atomic E-state index is 5.52. The summed E-state index contributed by atoms with van der Waals surface area (Å²) < 4.78 is 0. The molecule has 0 aromatic heterocycles. The number of nitrogens with zero attached hydrogens (tertiary/aromatic N) is 1. The van der Waals surface area contributed by atoms with Crippen LogP contribution in [0.5, 0.6) is 0 Å². The largest absolute Gasteiger partial charge is 0.375 e. The van der Waals surface area contributed by atoms with E-state index in [4.69, 9.17) is 23.8 Å². The minimum absolute atomic E-state index is 0.207. The Hall–Kier alpha value is -1.13. The molecule has 0 bridgehead atoms. The maximum Gasteiger partial charge on any atom is 0.180 e. The minimum Gasteiger partial charge on any atom is -0.375 e. The highest BCUT2D eigenvalue weighted by molar-refractivity contribution is 7.80. The lowest BCUT2D eigenvalue weighted by Crippen LogP contribution is -2.40. The molecule has 0 aliphatic rings. The molecule has 0 radical (unpaired) electrons. The summed E-state index contributed by atoms with van der Waals surface area (Å²) in [4.78, 5) is 0. The van der Waals surface area contributed by atoms with Gasteiger partial charge in [-0.05, 0) is 17.8 Å². The van der Waals surface area contributed by atoms with E-state index < -0.39 is 0 Å². The molecule has 0 atom stereocenters. The molecule has 12 heavy (non-hydrogen) atoms. The normalized spacial score (nSPS) is 9.42. The van der Waals surface area contributed by atoms with Gasteiger partial charge in [0.2, 0.25) is 0 Å². The fourth-order valence-electron chi connectivity index (χ4n) is 0.858. The summed E-state index contributed by atoms with van der Waals surface area (Å²) in [6.07, 6.45) is 0. The molecule has 0 aliphatic carbocycles. The number of hydrogen-bond donors (Lipinski definition) is 2. The van der Waals surface area contributed by atoms with Gasteiger partial charge in [0.25, 0.3) is 0 Å². The molecule has 0 fully saturated rings. The Labute approximate surface area is 76.9 Å². The topological polar surface area (TPSA) is 55.3 Å². The van der Waals surface area contributed by atoms with Crippen molar-refractivity contribution in [3.05, 3.63) is 35.9 Å². The highest BCUT2D eigenvalue weighted by Crippen LogP contribution is 2.00. The molecule has 0 saturated heterocycles. The molecule has 1 aromatic rings. The van der Waals surface area contributed by atoms with Crippen LogP contribution in [0.2, 0.25) is 0 Å². The first-order valence-electron chi connectivity index (χ1n) is 3.56. The van der Waals surface area contributed by atoms with Crippen molar-refractivity contribution < 1.29 is 0 Å². The SMILES string of the molecule is NC(=S)N(N)Cc1ccccc1. The smallest absolute Gasteiger partial charge is 0.180 e. The molecule has 0 saturated carbocycles. The van der Waals surface area contributed by atoms with Gasteiger partial charge in [-0.1, -0.05) is 30.3 Å². The van der Waals surface area contributed by atoms with Crippen molar-refractivity contribution in [1.29, 1.82) is 0 Å². The van der Waals surface area contributed by atoms with Gasteiger partial charge in [-0.3, -0.25) is 5.01 Å². The molecule has 3 nitrogen and oxygen atoms in total. The van der Waals surface area contributed by atoms with Gasteiger partial charge in [0.1, 0.15) is 0 Å². The first-order chi connectivity index (χ1) is 5.70. The predicted octanol–water partition coefficient (Wildman–Crippen LogP) is 0.606. The quantitative estimate of drug-likeness (QED) is 0.398. The fourth-order valence-corrected chi connectivity index (χ4v) is 0.923. The van der Waals surface area contributed by atoms with Gasteiger partial charge in [-0.25, -0.2) is 5.84 Å². The van der Waals surface area contributed by atoms with Crippen LogP contribution in [0.3, 0.4) is 0 Å². The third-order valence-corrected chi connectivity index (χ3v) is 1.71. The minimum atomic E-state index is 0.207. The lowest BCUT2D eigenvalue weighted by Gasteiger charge is -2.15. The molecule has 0 spiro atoms. The zero-order valence-electron chi connectivity index (χ0n) is 6.60. The monoisotopic (exact) mass is 181 g/mol. The van der Waals surface area contributed by atoms with Gasteiger partial charge in [0.15, 0.2) is 5.11 Å². The van der Waals surface area contributed by atoms with Gasteiger partial charge in [0.05, 0.1) is 6.54 Å². The van der Waals surface area contributed by atoms with E-state index in [0.717, 1.165) is 5.56 Å². The van der Waals surface area contributed by atoms with Crippen LogP contribution in [0, 0.1) is 0 Å². The second-order valence-corrected chi connectivity index (χ2v) is 2.87. The fraction of sp³-hybridized carbons (Fsp3) is 0.125. The number of hydrogen-bond acceptors (Lipinski definition) is 2. The van der Waals surface area contributed by atoms with E-state index in [9.17, 15) is 0 Å². The number of rotatable bonds is 2. The van der Waals surface area contributed by atoms with E-state index in [1.54, 1.807) is 0 Å². The van der Waals surface area contributed by atoms with Crippen LogP contribution in [0.1, 0.15) is 5.56 Å². The molecule has 4 N–H and O–H groups in total. The van der Waals surface area contributed by atoms with Gasteiger partial charge in [0, 0.05) is 0 Å². The summed E-state index contributed by atoms with van der Waals surface area (Å²) in [5.41, 5.74) is 6.41. The average Bonchev–Trinajstić information content (AvgIpc) is 2.06. The zero-order valence-corrected chi connectivity index (χ0v) is 7.42. The molecule has 0 unspecified atom stereocenters. The van der Waals surface area contributed by atoms with E-state index in [1.165, 1.54) is 5.01 Å². The van der Waals surface area contributed by atoms with Gasteiger partial charge < -0.3 is 5.73 Å². The second-order valence-electron chi connectivity index (χ2n) is 2.45. The molecular weight excluding hydrogens is 170 g/mol. The van der Waals surface area contributed by atoms with Crippen molar-refractivity contribution in [2.45, 2.75) is 6.54 Å². The summed E-state index contributed by atoms with van der Waals surface area (Å²) in [7, 11) is 0. The van der Waals surface area contributed by atoms with Crippen molar-refractivity contribution in [2.24, 2.45) is 11.6 Å². The van der Waals surface area contributed by atoms with Crippen LogP contribution >= 0.6 is 12.2 Å². The Morgan fingerprint density at radius 2 is 1.92 bits per heavy atom. The van der Waals surface area contributed by atoms with Crippen LogP contribution in [0.15, 0.2) is 30.3 Å². The van der Waals surface area contributed by atoms with Crippen molar-refractivity contribution in [3.8, 4) is 0 Å². The zero-order chi connectivity index (χ0) is 8.97. The van der Waals surface area contributed by atoms with Crippen LogP contribution in [-0.2, 0) is 6.54 Å². The number of nitrogens with two attached hydrogens (primary N) is 2. The van der Waals surface area contributed by atoms with Gasteiger partial charge in [-0.15, -0.1) is 0 Å². The van der Waals surface area contributed by atoms with E-state index in [0.29, 0.717) is 6.54 Å². The molecular formula is C8H11N3S. The summed E-state index contributed by atoms with van der Waals surface area (Å²) in [5.74, 6) is 5.52. The lowest BCUT2D eigenvalue weighted by molar-refractivity contribution is 0.437. The molecule has 0 heterocycles. The first kappa shape index (κ1) is 8.96. The van der Waals surface area contributed by atoms with Crippen molar-refractivity contribution in [1.82, 2.24) is 5.01 Å². The standard InChI is InChI=1S/C8H11N3S/c9-8(12)11(10)6-7-4-2-1-3-5-7/h1-5H,6,10H2,(H2,9,12). The molecule has 0 aliphatic heterocycles. The highest BCUT2D eigenvalue weighted by Gasteiger charge is 1.99. The predicted molar refractivity (Wildman–Crippen MR) is 53.0 cm³/mol. The maximum absolute atomic E-state index is 5.52. The third-order valence-electron chi connectivity index (χ3n) is 1.48. The Balaban J connectivity index is 2.58. The number of thiocarbonyl (C=S) groups is 1. The number of hydrazine groups is 1. The van der Waals surface area contributed by atoms with Crippen molar-refractivity contribution >= 4 is 17.3 Å². The van der Waals surface area contributed by atoms with Gasteiger partial charge in [-0.2, -0.15) is 0 Å². The summed E-state index contributed by atoms with van der Waals surface area (Å²) >= 11 is 4.70. The van der Waals surface area contributed by atoms with E-state index in [-0.39, 0.29) is 5.11 Å². The highest BCUT2D eigenvalue weighted by atomic mass is 32.1. The third kappa shape index (κ3) is 2.48. The first-order valence-corrected chi connectivity index (χ1v) is 3.96. The molecule has 1 aromatic carbocycles. The molecule has 0 amide bonds. The van der Waals surface area contributed by atoms with Crippen molar-refractivity contribution in [3.63, 3.8) is 0 Å². The van der Waals surface area contributed by atoms with Crippen molar-refractivity contribution in [2.75, 3.05) is 0 Å². The Morgan fingerprint density at radius 1 is 1.33 bits per heavy atom. The lowest BCUT2D eigenvalue weighted by atomic mass is 10.2. The summed E-state index contributed by atoms with van der Waals surface area (Å²) in [5, 5.41) is 1.55. The molecule has 4 heteroatoms. The summed E-state index contributed by atoms with van der Waals surface area (Å²) in [6, 6.07) is 9.78. The molecule has 1 rings (SSSR count). The van der Waals surface area contributed by atoms with Crippen LogP contribution in [0.4, 0.5) is 0 Å². The van der Waals surface area contributed by atoms with Gasteiger partial charge >= 0.3 is 0 Å². The second kappa shape index (κ2) is 4.04.